The van der Waals surface area contributed by atoms with Gasteiger partial charge in [0.1, 0.15) is 0 Å². The van der Waals surface area contributed by atoms with Crippen LogP contribution < -0.4 is 10.6 Å². The van der Waals surface area contributed by atoms with Crippen molar-refractivity contribution in [2.24, 2.45) is 5.92 Å². The topological polar surface area (TPSA) is 113 Å². The lowest BCUT2D eigenvalue weighted by Gasteiger charge is -2.16. The third kappa shape index (κ3) is 3.82. The van der Waals surface area contributed by atoms with Gasteiger partial charge >= 0.3 is 12.0 Å². The predicted molar refractivity (Wildman–Crippen MR) is 67.5 cm³/mol. The summed E-state index contributed by atoms with van der Waals surface area (Å²) in [6.07, 6.45) is 2.09. The molecule has 2 amide bonds. The molecule has 108 valence electrons. The van der Waals surface area contributed by atoms with Crippen molar-refractivity contribution in [2.45, 2.75) is 37.8 Å². The van der Waals surface area contributed by atoms with Crippen molar-refractivity contribution in [3.8, 4) is 0 Å². The molecule has 3 atom stereocenters. The van der Waals surface area contributed by atoms with Gasteiger partial charge in [0.05, 0.1) is 17.4 Å². The van der Waals surface area contributed by atoms with E-state index in [1.54, 1.807) is 0 Å². The van der Waals surface area contributed by atoms with E-state index in [0.29, 0.717) is 25.7 Å². The van der Waals surface area contributed by atoms with Crippen LogP contribution >= 0.6 is 0 Å². The number of rotatable bonds is 3. The third-order valence-electron chi connectivity index (χ3n) is 3.68. The molecule has 1 saturated heterocycles. The average molecular weight is 290 g/mol. The minimum Gasteiger partial charge on any atom is -0.481 e. The molecule has 8 heteroatoms. The van der Waals surface area contributed by atoms with Gasteiger partial charge < -0.3 is 15.7 Å². The Balaban J connectivity index is 1.75. The first-order chi connectivity index (χ1) is 8.85. The fourth-order valence-corrected chi connectivity index (χ4v) is 4.33. The fourth-order valence-electron chi connectivity index (χ4n) is 2.66. The molecule has 3 N–H and O–H groups in total. The molecule has 2 aliphatic rings. The number of hydrogen-bond donors (Lipinski definition) is 3. The number of nitrogens with one attached hydrogen (secondary N) is 2. The van der Waals surface area contributed by atoms with Gasteiger partial charge in [0.25, 0.3) is 0 Å². The van der Waals surface area contributed by atoms with Crippen molar-refractivity contribution in [1.29, 1.82) is 0 Å². The Morgan fingerprint density at radius 2 is 1.74 bits per heavy atom. The van der Waals surface area contributed by atoms with E-state index < -0.39 is 27.8 Å². The van der Waals surface area contributed by atoms with E-state index in [4.69, 9.17) is 5.11 Å². The minimum atomic E-state index is -3.01. The third-order valence-corrected chi connectivity index (χ3v) is 5.45. The Morgan fingerprint density at radius 1 is 1.05 bits per heavy atom. The lowest BCUT2D eigenvalue weighted by atomic mass is 10.1. The lowest BCUT2D eigenvalue weighted by molar-refractivity contribution is -0.141. The number of sulfone groups is 1. The maximum atomic E-state index is 11.7. The van der Waals surface area contributed by atoms with Crippen molar-refractivity contribution >= 4 is 21.8 Å². The van der Waals surface area contributed by atoms with Gasteiger partial charge in [-0.2, -0.15) is 0 Å². The molecular formula is C11H18N2O5S. The zero-order chi connectivity index (χ0) is 14.0. The standard InChI is InChI=1S/C11H18N2O5S/c14-10(15)7-1-2-8(5-7)12-11(16)13-9-3-4-19(17,18)6-9/h7-9H,1-6H2,(H,14,15)(H2,12,13,16)/t7-,8+,9?/m1/s1. The summed E-state index contributed by atoms with van der Waals surface area (Å²) in [6, 6.07) is -0.876. The smallest absolute Gasteiger partial charge is 0.315 e. The van der Waals surface area contributed by atoms with E-state index in [9.17, 15) is 18.0 Å². The fraction of sp³-hybridized carbons (Fsp3) is 0.818. The summed E-state index contributed by atoms with van der Waals surface area (Å²) in [5.41, 5.74) is 0. The van der Waals surface area contributed by atoms with Crippen LogP contribution in [0.2, 0.25) is 0 Å². The van der Waals surface area contributed by atoms with Crippen molar-refractivity contribution in [3.05, 3.63) is 0 Å². The highest BCUT2D eigenvalue weighted by Crippen LogP contribution is 2.25. The van der Waals surface area contributed by atoms with Crippen LogP contribution in [-0.4, -0.2) is 49.1 Å². The molecular weight excluding hydrogens is 272 g/mol. The lowest BCUT2D eigenvalue weighted by Crippen LogP contribution is -2.46. The number of urea groups is 1. The second kappa shape index (κ2) is 5.36. The van der Waals surface area contributed by atoms with Crippen LogP contribution in [0.3, 0.4) is 0 Å². The number of carboxylic acids is 1. The van der Waals surface area contributed by atoms with Crippen LogP contribution in [0.1, 0.15) is 25.7 Å². The highest BCUT2D eigenvalue weighted by Gasteiger charge is 2.32. The maximum absolute atomic E-state index is 11.7. The second-order valence-electron chi connectivity index (χ2n) is 5.26. The van der Waals surface area contributed by atoms with Gasteiger partial charge in [0.15, 0.2) is 9.84 Å². The van der Waals surface area contributed by atoms with Gasteiger partial charge in [0.2, 0.25) is 0 Å². The summed E-state index contributed by atoms with van der Waals surface area (Å²) in [6.45, 7) is 0. The Labute approximate surface area is 111 Å². The number of hydrogen-bond acceptors (Lipinski definition) is 4. The highest BCUT2D eigenvalue weighted by atomic mass is 32.2. The summed E-state index contributed by atoms with van der Waals surface area (Å²) in [4.78, 5) is 22.5. The van der Waals surface area contributed by atoms with Crippen molar-refractivity contribution in [3.63, 3.8) is 0 Å². The van der Waals surface area contributed by atoms with Gasteiger partial charge in [-0.1, -0.05) is 0 Å². The summed E-state index contributed by atoms with van der Waals surface area (Å²) < 4.78 is 22.5. The van der Waals surface area contributed by atoms with Gasteiger partial charge in [-0.3, -0.25) is 4.79 Å². The molecule has 0 aromatic rings. The summed E-state index contributed by atoms with van der Waals surface area (Å²) in [7, 11) is -3.01. The number of carbonyl (C=O) groups excluding carboxylic acids is 1. The van der Waals surface area contributed by atoms with Crippen LogP contribution in [0.4, 0.5) is 4.79 Å². The van der Waals surface area contributed by atoms with Crippen LogP contribution in [0.5, 0.6) is 0 Å². The molecule has 0 spiro atoms. The summed E-state index contributed by atoms with van der Waals surface area (Å²) in [5.74, 6) is -1.12. The van der Waals surface area contributed by atoms with Gasteiger partial charge in [0, 0.05) is 12.1 Å². The summed E-state index contributed by atoms with van der Waals surface area (Å²) >= 11 is 0. The second-order valence-corrected chi connectivity index (χ2v) is 7.49. The van der Waals surface area contributed by atoms with Crippen molar-refractivity contribution < 1.29 is 23.1 Å². The Morgan fingerprint density at radius 3 is 2.26 bits per heavy atom. The summed E-state index contributed by atoms with van der Waals surface area (Å²) in [5, 5.41) is 14.2. The molecule has 1 aliphatic heterocycles. The number of amides is 2. The van der Waals surface area contributed by atoms with E-state index in [1.165, 1.54) is 0 Å². The largest absolute Gasteiger partial charge is 0.481 e. The van der Waals surface area contributed by atoms with Crippen molar-refractivity contribution in [1.82, 2.24) is 10.6 Å². The molecule has 2 fully saturated rings. The van der Waals surface area contributed by atoms with Gasteiger partial charge in [-0.15, -0.1) is 0 Å². The molecule has 1 unspecified atom stereocenters. The Hall–Kier alpha value is -1.31. The van der Waals surface area contributed by atoms with Crippen LogP contribution in [-0.2, 0) is 14.6 Å². The van der Waals surface area contributed by atoms with E-state index >= 15 is 0 Å². The molecule has 19 heavy (non-hydrogen) atoms. The Bertz CT molecular complexity index is 475. The van der Waals surface area contributed by atoms with Crippen LogP contribution in [0.25, 0.3) is 0 Å². The van der Waals surface area contributed by atoms with E-state index in [1.807, 2.05) is 0 Å². The quantitative estimate of drug-likeness (QED) is 0.662. The van der Waals surface area contributed by atoms with E-state index in [0.717, 1.165) is 0 Å². The molecule has 2 rings (SSSR count). The maximum Gasteiger partial charge on any atom is 0.315 e. The van der Waals surface area contributed by atoms with Crippen LogP contribution in [0.15, 0.2) is 0 Å². The zero-order valence-electron chi connectivity index (χ0n) is 10.5. The van der Waals surface area contributed by atoms with Gasteiger partial charge in [-0.05, 0) is 25.7 Å². The molecule has 0 bridgehead atoms. The van der Waals surface area contributed by atoms with Gasteiger partial charge in [-0.25, -0.2) is 13.2 Å². The first kappa shape index (κ1) is 14.1. The Kier molecular flexibility index (Phi) is 3.98. The normalized spacial score (nSPS) is 32.9. The zero-order valence-corrected chi connectivity index (χ0v) is 11.3. The molecule has 0 radical (unpaired) electrons. The molecule has 1 aliphatic carbocycles. The minimum absolute atomic E-state index is 0.0111. The van der Waals surface area contributed by atoms with E-state index in [-0.39, 0.29) is 23.6 Å². The molecule has 0 aromatic carbocycles. The van der Waals surface area contributed by atoms with Crippen molar-refractivity contribution in [2.75, 3.05) is 11.5 Å². The monoisotopic (exact) mass is 290 g/mol. The highest BCUT2D eigenvalue weighted by molar-refractivity contribution is 7.91. The van der Waals surface area contributed by atoms with E-state index in [2.05, 4.69) is 10.6 Å². The molecule has 7 nitrogen and oxygen atoms in total. The number of aliphatic carboxylic acids is 1. The molecule has 1 heterocycles. The average Bonchev–Trinajstić information content (AvgIpc) is 2.85. The molecule has 1 saturated carbocycles. The first-order valence-electron chi connectivity index (χ1n) is 6.36. The molecule has 0 aromatic heterocycles. The number of carboxylic acid groups (broad SMARTS) is 1. The number of carbonyl (C=O) groups is 2. The van der Waals surface area contributed by atoms with Crippen LogP contribution in [0, 0.1) is 5.92 Å². The predicted octanol–water partition coefficient (Wildman–Crippen LogP) is -0.274. The SMILES string of the molecule is O=C(NC1CCS(=O)(=O)C1)N[C@H]1CC[C@@H](C(=O)O)C1. The first-order valence-corrected chi connectivity index (χ1v) is 8.18.